The summed E-state index contributed by atoms with van der Waals surface area (Å²) in [4.78, 5) is 5.69. The van der Waals surface area contributed by atoms with Crippen LogP contribution in [0.3, 0.4) is 0 Å². The average Bonchev–Trinajstić information content (AvgIpc) is 2.19. The highest BCUT2D eigenvalue weighted by Crippen LogP contribution is 2.15. The largest absolute Gasteiger partial charge is 0.492 e. The van der Waals surface area contributed by atoms with Crippen LogP contribution >= 0.6 is 0 Å². The van der Waals surface area contributed by atoms with Crippen molar-refractivity contribution in [3.05, 3.63) is 42.4 Å². The second-order valence-electron chi connectivity index (χ2n) is 2.79. The van der Waals surface area contributed by atoms with Crippen molar-refractivity contribution in [3.8, 4) is 0 Å². The summed E-state index contributed by atoms with van der Waals surface area (Å²) in [7, 11) is 0. The van der Waals surface area contributed by atoms with Crippen molar-refractivity contribution in [2.45, 2.75) is 0 Å². The Kier molecular flexibility index (Phi) is 2.00. The second kappa shape index (κ2) is 3.31. The molecule has 0 saturated carbocycles. The van der Waals surface area contributed by atoms with Gasteiger partial charge in [-0.3, -0.25) is 0 Å². The summed E-state index contributed by atoms with van der Waals surface area (Å²) in [5.41, 5.74) is 1.06. The monoisotopic (exact) mass is 174 g/mol. The summed E-state index contributed by atoms with van der Waals surface area (Å²) in [6.45, 7) is 0.702. The summed E-state index contributed by atoms with van der Waals surface area (Å²) >= 11 is 0. The summed E-state index contributed by atoms with van der Waals surface area (Å²) < 4.78 is 0. The number of rotatable bonds is 1. The molecule has 0 unspecified atom stereocenters. The van der Waals surface area contributed by atoms with Gasteiger partial charge in [-0.15, -0.1) is 0 Å². The third-order valence-corrected chi connectivity index (χ3v) is 1.86. The Morgan fingerprint density at radius 2 is 2.00 bits per heavy atom. The summed E-state index contributed by atoms with van der Waals surface area (Å²) in [5, 5.41) is 9.16. The van der Waals surface area contributed by atoms with Crippen LogP contribution in [0.25, 0.3) is 0 Å². The van der Waals surface area contributed by atoms with Crippen LogP contribution in [-0.4, -0.2) is 17.9 Å². The van der Waals surface area contributed by atoms with Crippen LogP contribution < -0.4 is 4.90 Å². The molecule has 13 heavy (non-hydrogen) atoms. The fourth-order valence-corrected chi connectivity index (χ4v) is 1.25. The minimum atomic E-state index is 0.0510. The van der Waals surface area contributed by atoms with E-state index in [1.165, 1.54) is 0 Å². The first kappa shape index (κ1) is 7.86. The first-order valence-corrected chi connectivity index (χ1v) is 4.11. The van der Waals surface area contributed by atoms with Gasteiger partial charge in [-0.2, -0.15) is 0 Å². The highest BCUT2D eigenvalue weighted by molar-refractivity contribution is 5.70. The lowest BCUT2D eigenvalue weighted by atomic mass is 10.3. The molecule has 2 rings (SSSR count). The fourth-order valence-electron chi connectivity index (χ4n) is 1.25. The van der Waals surface area contributed by atoms with Crippen LogP contribution in [0.5, 0.6) is 0 Å². The number of aliphatic hydroxyl groups excluding tert-OH is 1. The van der Waals surface area contributed by atoms with Gasteiger partial charge in [0.1, 0.15) is 0 Å². The van der Waals surface area contributed by atoms with Crippen molar-refractivity contribution in [1.29, 1.82) is 0 Å². The Labute approximate surface area is 76.6 Å². The molecule has 0 bridgehead atoms. The quantitative estimate of drug-likeness (QED) is 0.706. The van der Waals surface area contributed by atoms with Gasteiger partial charge in [0, 0.05) is 11.9 Å². The zero-order chi connectivity index (χ0) is 9.10. The van der Waals surface area contributed by atoms with Gasteiger partial charge in [0.05, 0.1) is 12.7 Å². The number of para-hydroxylation sites is 1. The molecule has 66 valence electrons. The molecule has 3 heteroatoms. The molecule has 1 heterocycles. The molecule has 1 aromatic carbocycles. The number of nitrogens with zero attached hydrogens (tertiary/aromatic N) is 2. The van der Waals surface area contributed by atoms with Crippen molar-refractivity contribution in [1.82, 2.24) is 0 Å². The van der Waals surface area contributed by atoms with Crippen LogP contribution in [-0.2, 0) is 0 Å². The van der Waals surface area contributed by atoms with Gasteiger partial charge in [0.15, 0.2) is 0 Å². The topological polar surface area (TPSA) is 35.8 Å². The molecule has 0 amide bonds. The van der Waals surface area contributed by atoms with E-state index in [4.69, 9.17) is 5.11 Å². The van der Waals surface area contributed by atoms with Crippen LogP contribution in [0, 0.1) is 0 Å². The molecule has 1 aliphatic heterocycles. The first-order chi connectivity index (χ1) is 6.36. The van der Waals surface area contributed by atoms with E-state index in [0.717, 1.165) is 5.69 Å². The predicted molar refractivity (Wildman–Crippen MR) is 53.0 cm³/mol. The molecular weight excluding hydrogens is 164 g/mol. The average molecular weight is 174 g/mol. The number of hydrogen-bond donors (Lipinski definition) is 1. The standard InChI is InChI=1S/C10H10N2O/c13-10-8-12(7-6-11-10)9-4-2-1-3-5-9/h1-6,8,13H,7H2. The highest BCUT2D eigenvalue weighted by atomic mass is 16.3. The van der Waals surface area contributed by atoms with E-state index < -0.39 is 0 Å². The molecule has 0 saturated heterocycles. The van der Waals surface area contributed by atoms with E-state index in [-0.39, 0.29) is 5.88 Å². The second-order valence-corrected chi connectivity index (χ2v) is 2.79. The Morgan fingerprint density at radius 1 is 1.23 bits per heavy atom. The normalized spacial score (nSPS) is 15.7. The molecule has 0 aromatic heterocycles. The molecule has 3 nitrogen and oxygen atoms in total. The molecule has 0 radical (unpaired) electrons. The molecule has 0 fully saturated rings. The number of anilines is 1. The summed E-state index contributed by atoms with van der Waals surface area (Å²) in [6.07, 6.45) is 3.30. The fraction of sp³-hybridized carbons (Fsp3) is 0.100. The first-order valence-electron chi connectivity index (χ1n) is 4.11. The number of aliphatic hydroxyl groups is 1. The maximum atomic E-state index is 9.16. The van der Waals surface area contributed by atoms with Gasteiger partial charge >= 0.3 is 0 Å². The maximum absolute atomic E-state index is 9.16. The third kappa shape index (κ3) is 1.69. The zero-order valence-corrected chi connectivity index (χ0v) is 7.09. The zero-order valence-electron chi connectivity index (χ0n) is 7.09. The molecule has 0 atom stereocenters. The number of aliphatic imine (C=N–C) groups is 1. The molecule has 1 aromatic rings. The highest BCUT2D eigenvalue weighted by Gasteiger charge is 2.06. The lowest BCUT2D eigenvalue weighted by Gasteiger charge is -2.20. The van der Waals surface area contributed by atoms with E-state index >= 15 is 0 Å². The lowest BCUT2D eigenvalue weighted by molar-refractivity contribution is 0.403. The van der Waals surface area contributed by atoms with E-state index in [1.54, 1.807) is 12.4 Å². The Morgan fingerprint density at radius 3 is 2.69 bits per heavy atom. The number of benzene rings is 1. The minimum absolute atomic E-state index is 0.0510. The van der Waals surface area contributed by atoms with Crippen molar-refractivity contribution >= 4 is 11.9 Å². The van der Waals surface area contributed by atoms with Gasteiger partial charge in [-0.25, -0.2) is 4.99 Å². The minimum Gasteiger partial charge on any atom is -0.492 e. The van der Waals surface area contributed by atoms with Crippen LogP contribution in [0.1, 0.15) is 0 Å². The van der Waals surface area contributed by atoms with E-state index in [0.29, 0.717) is 6.54 Å². The van der Waals surface area contributed by atoms with Gasteiger partial charge in [0.2, 0.25) is 5.88 Å². The van der Waals surface area contributed by atoms with Crippen molar-refractivity contribution in [2.24, 2.45) is 4.99 Å². The predicted octanol–water partition coefficient (Wildman–Crippen LogP) is 1.93. The van der Waals surface area contributed by atoms with Crippen LogP contribution in [0.4, 0.5) is 5.69 Å². The van der Waals surface area contributed by atoms with E-state index in [2.05, 4.69) is 4.99 Å². The molecule has 0 spiro atoms. The van der Waals surface area contributed by atoms with E-state index in [1.807, 2.05) is 35.2 Å². The maximum Gasteiger partial charge on any atom is 0.227 e. The van der Waals surface area contributed by atoms with Crippen molar-refractivity contribution < 1.29 is 5.11 Å². The molecule has 0 aliphatic carbocycles. The summed E-state index contributed by atoms with van der Waals surface area (Å²) in [5.74, 6) is 0.0510. The SMILES string of the molecule is OC1=CN(c2ccccc2)CC=N1. The molecule has 1 N–H and O–H groups in total. The van der Waals surface area contributed by atoms with Crippen LogP contribution in [0.2, 0.25) is 0 Å². The lowest BCUT2D eigenvalue weighted by Crippen LogP contribution is -2.21. The van der Waals surface area contributed by atoms with Gasteiger partial charge in [0.25, 0.3) is 0 Å². The van der Waals surface area contributed by atoms with Crippen LogP contribution in [0.15, 0.2) is 47.4 Å². The van der Waals surface area contributed by atoms with Crippen molar-refractivity contribution in [3.63, 3.8) is 0 Å². The number of hydrogen-bond acceptors (Lipinski definition) is 3. The third-order valence-electron chi connectivity index (χ3n) is 1.86. The summed E-state index contributed by atoms with van der Waals surface area (Å²) in [6, 6.07) is 9.87. The Balaban J connectivity index is 2.24. The van der Waals surface area contributed by atoms with Crippen molar-refractivity contribution in [2.75, 3.05) is 11.4 Å². The molecule has 1 aliphatic rings. The van der Waals surface area contributed by atoms with Gasteiger partial charge < -0.3 is 10.0 Å². The smallest absolute Gasteiger partial charge is 0.227 e. The molecular formula is C10H10N2O. The van der Waals surface area contributed by atoms with Gasteiger partial charge in [-0.05, 0) is 12.1 Å². The Hall–Kier alpha value is -1.77. The van der Waals surface area contributed by atoms with E-state index in [9.17, 15) is 0 Å². The Bertz CT molecular complexity index is 343. The van der Waals surface area contributed by atoms with Gasteiger partial charge in [-0.1, -0.05) is 18.2 Å².